The summed E-state index contributed by atoms with van der Waals surface area (Å²) in [5.74, 6) is -1.61. The molecule has 6 nitrogen and oxygen atoms in total. The summed E-state index contributed by atoms with van der Waals surface area (Å²) in [4.78, 5) is 38.1. The molecule has 0 fully saturated rings. The molecule has 0 bridgehead atoms. The van der Waals surface area contributed by atoms with E-state index in [1.165, 1.54) is 24.8 Å². The highest BCUT2D eigenvalue weighted by Crippen LogP contribution is 2.18. The molecule has 1 aliphatic heterocycles. The molecule has 1 aliphatic rings. The number of hydrogen-bond donors (Lipinski definition) is 0. The fourth-order valence-electron chi connectivity index (χ4n) is 2.95. The van der Waals surface area contributed by atoms with Crippen molar-refractivity contribution in [3.63, 3.8) is 0 Å². The molecule has 2 aromatic rings. The molecule has 134 valence electrons. The summed E-state index contributed by atoms with van der Waals surface area (Å²) >= 11 is 0. The Kier molecular flexibility index (Phi) is 5.31. The number of hydrogen-bond acceptors (Lipinski definition) is 5. The Bertz CT molecular complexity index is 846. The molecule has 2 aromatic carbocycles. The average molecular weight is 353 g/mol. The van der Waals surface area contributed by atoms with Gasteiger partial charge < -0.3 is 14.4 Å². The van der Waals surface area contributed by atoms with Crippen LogP contribution in [0.15, 0.2) is 48.5 Å². The topological polar surface area (TPSA) is 72.9 Å². The third-order valence-corrected chi connectivity index (χ3v) is 4.36. The van der Waals surface area contributed by atoms with Crippen LogP contribution in [0.25, 0.3) is 0 Å². The number of rotatable bonds is 4. The summed E-state index contributed by atoms with van der Waals surface area (Å²) in [6, 6.07) is 14.2. The Morgan fingerprint density at radius 2 is 1.54 bits per heavy atom. The molecule has 0 aromatic heterocycles. The van der Waals surface area contributed by atoms with Gasteiger partial charge in [0.1, 0.15) is 0 Å². The fourth-order valence-corrected chi connectivity index (χ4v) is 2.95. The van der Waals surface area contributed by atoms with Gasteiger partial charge in [-0.05, 0) is 29.7 Å². The van der Waals surface area contributed by atoms with E-state index < -0.39 is 11.9 Å². The first kappa shape index (κ1) is 17.7. The molecule has 0 atom stereocenters. The first-order valence-corrected chi connectivity index (χ1v) is 8.29. The Balaban J connectivity index is 1.62. The van der Waals surface area contributed by atoms with E-state index in [4.69, 9.17) is 4.74 Å². The van der Waals surface area contributed by atoms with Crippen LogP contribution in [-0.4, -0.2) is 43.0 Å². The highest BCUT2D eigenvalue weighted by Gasteiger charge is 2.23. The van der Waals surface area contributed by atoms with Gasteiger partial charge >= 0.3 is 11.9 Å². The molecule has 0 saturated carbocycles. The quantitative estimate of drug-likeness (QED) is 0.788. The number of benzene rings is 2. The van der Waals surface area contributed by atoms with Gasteiger partial charge in [0.15, 0.2) is 6.61 Å². The van der Waals surface area contributed by atoms with E-state index in [2.05, 4.69) is 10.8 Å². The van der Waals surface area contributed by atoms with Gasteiger partial charge in [-0.3, -0.25) is 4.79 Å². The molecule has 1 amide bonds. The summed E-state index contributed by atoms with van der Waals surface area (Å²) in [5.41, 5.74) is 2.53. The van der Waals surface area contributed by atoms with Gasteiger partial charge in [-0.2, -0.15) is 0 Å². The molecule has 0 N–H and O–H groups in total. The van der Waals surface area contributed by atoms with E-state index in [0.29, 0.717) is 13.1 Å². The van der Waals surface area contributed by atoms with Crippen molar-refractivity contribution in [2.24, 2.45) is 0 Å². The summed E-state index contributed by atoms with van der Waals surface area (Å²) in [6.45, 7) is 0.730. The fraction of sp³-hybridized carbons (Fsp3) is 0.250. The highest BCUT2D eigenvalue weighted by atomic mass is 16.5. The Hall–Kier alpha value is -3.15. The van der Waals surface area contributed by atoms with Crippen LogP contribution >= 0.6 is 0 Å². The monoisotopic (exact) mass is 353 g/mol. The summed E-state index contributed by atoms with van der Waals surface area (Å²) in [6.07, 6.45) is 0.779. The minimum atomic E-state index is -0.725. The molecule has 0 radical (unpaired) electrons. The average Bonchev–Trinajstić information content (AvgIpc) is 2.70. The van der Waals surface area contributed by atoms with E-state index in [0.717, 1.165) is 12.0 Å². The standard InChI is InChI=1S/C20H19NO5/c1-25-19(23)16-8-4-5-9-17(16)20(24)26-13-18(22)21-11-10-14-6-2-3-7-15(14)12-21/h2-9H,10-13H2,1H3. The third-order valence-electron chi connectivity index (χ3n) is 4.36. The minimum absolute atomic E-state index is 0.0798. The van der Waals surface area contributed by atoms with E-state index in [1.807, 2.05) is 18.2 Å². The lowest BCUT2D eigenvalue weighted by molar-refractivity contribution is -0.135. The summed E-state index contributed by atoms with van der Waals surface area (Å²) in [7, 11) is 1.24. The van der Waals surface area contributed by atoms with E-state index in [9.17, 15) is 14.4 Å². The molecule has 0 unspecified atom stereocenters. The number of methoxy groups -OCH3 is 1. The zero-order chi connectivity index (χ0) is 18.5. The van der Waals surface area contributed by atoms with Crippen molar-refractivity contribution in [3.8, 4) is 0 Å². The predicted molar refractivity (Wildman–Crippen MR) is 93.6 cm³/mol. The smallest absolute Gasteiger partial charge is 0.339 e. The van der Waals surface area contributed by atoms with Crippen molar-refractivity contribution in [1.82, 2.24) is 4.90 Å². The lowest BCUT2D eigenvalue weighted by atomic mass is 10.00. The number of nitrogens with zero attached hydrogens (tertiary/aromatic N) is 1. The van der Waals surface area contributed by atoms with Crippen LogP contribution in [0.2, 0.25) is 0 Å². The second-order valence-electron chi connectivity index (χ2n) is 5.95. The zero-order valence-electron chi connectivity index (χ0n) is 14.4. The molecule has 0 aliphatic carbocycles. The zero-order valence-corrected chi connectivity index (χ0v) is 14.4. The van der Waals surface area contributed by atoms with Crippen molar-refractivity contribution < 1.29 is 23.9 Å². The van der Waals surface area contributed by atoms with Gasteiger partial charge in [0, 0.05) is 13.1 Å². The van der Waals surface area contributed by atoms with E-state index in [-0.39, 0.29) is 23.6 Å². The number of fused-ring (bicyclic) bond motifs is 1. The Morgan fingerprint density at radius 3 is 2.23 bits per heavy atom. The van der Waals surface area contributed by atoms with Gasteiger partial charge in [0.05, 0.1) is 18.2 Å². The van der Waals surface area contributed by atoms with Gasteiger partial charge in [0.25, 0.3) is 5.91 Å². The molecule has 0 saturated heterocycles. The number of amides is 1. The number of esters is 2. The van der Waals surface area contributed by atoms with Crippen molar-refractivity contribution in [3.05, 3.63) is 70.8 Å². The number of carbonyl (C=O) groups is 3. The molecule has 3 rings (SSSR count). The van der Waals surface area contributed by atoms with Crippen molar-refractivity contribution in [2.45, 2.75) is 13.0 Å². The van der Waals surface area contributed by atoms with Crippen LogP contribution < -0.4 is 0 Å². The van der Waals surface area contributed by atoms with E-state index in [1.54, 1.807) is 17.0 Å². The second kappa shape index (κ2) is 7.82. The molecular weight excluding hydrogens is 334 g/mol. The summed E-state index contributed by atoms with van der Waals surface area (Å²) < 4.78 is 9.79. The lowest BCUT2D eigenvalue weighted by Crippen LogP contribution is -2.38. The van der Waals surface area contributed by atoms with Gasteiger partial charge in [-0.1, -0.05) is 36.4 Å². The second-order valence-corrected chi connectivity index (χ2v) is 5.95. The maximum Gasteiger partial charge on any atom is 0.339 e. The minimum Gasteiger partial charge on any atom is -0.465 e. The van der Waals surface area contributed by atoms with Crippen molar-refractivity contribution in [1.29, 1.82) is 0 Å². The number of ether oxygens (including phenoxy) is 2. The lowest BCUT2D eigenvalue weighted by Gasteiger charge is -2.28. The van der Waals surface area contributed by atoms with Gasteiger partial charge in [-0.25, -0.2) is 9.59 Å². The Labute approximate surface area is 151 Å². The SMILES string of the molecule is COC(=O)c1ccccc1C(=O)OCC(=O)N1CCc2ccccc2C1. The highest BCUT2D eigenvalue weighted by molar-refractivity contribution is 6.03. The maximum absolute atomic E-state index is 12.4. The Morgan fingerprint density at radius 1 is 0.923 bits per heavy atom. The normalized spacial score (nSPS) is 12.9. The van der Waals surface area contributed by atoms with Crippen LogP contribution in [0.4, 0.5) is 0 Å². The summed E-state index contributed by atoms with van der Waals surface area (Å²) in [5, 5.41) is 0. The van der Waals surface area contributed by atoms with Crippen LogP contribution in [-0.2, 0) is 27.2 Å². The number of carbonyl (C=O) groups excluding carboxylic acids is 3. The first-order valence-electron chi connectivity index (χ1n) is 8.29. The molecule has 0 spiro atoms. The molecular formula is C20H19NO5. The third kappa shape index (κ3) is 3.74. The molecule has 26 heavy (non-hydrogen) atoms. The van der Waals surface area contributed by atoms with Crippen LogP contribution in [0.1, 0.15) is 31.8 Å². The van der Waals surface area contributed by atoms with Crippen molar-refractivity contribution in [2.75, 3.05) is 20.3 Å². The predicted octanol–water partition coefficient (Wildman–Crippen LogP) is 2.21. The van der Waals surface area contributed by atoms with Crippen LogP contribution in [0.3, 0.4) is 0 Å². The van der Waals surface area contributed by atoms with Gasteiger partial charge in [0.2, 0.25) is 0 Å². The largest absolute Gasteiger partial charge is 0.465 e. The van der Waals surface area contributed by atoms with Crippen molar-refractivity contribution >= 4 is 17.8 Å². The molecule has 6 heteroatoms. The maximum atomic E-state index is 12.4. The van der Waals surface area contributed by atoms with Gasteiger partial charge in [-0.15, -0.1) is 0 Å². The van der Waals surface area contributed by atoms with Crippen LogP contribution in [0.5, 0.6) is 0 Å². The molecule has 1 heterocycles. The van der Waals surface area contributed by atoms with E-state index >= 15 is 0 Å². The van der Waals surface area contributed by atoms with Crippen LogP contribution in [0, 0.1) is 0 Å². The first-order chi connectivity index (χ1) is 12.6.